The fourth-order valence-electron chi connectivity index (χ4n) is 2.74. The fourth-order valence-corrected chi connectivity index (χ4v) is 4.54. The molecule has 1 aromatic carbocycles. The van der Waals surface area contributed by atoms with Crippen molar-refractivity contribution in [2.45, 2.75) is 9.92 Å². The first kappa shape index (κ1) is 17.7. The number of aromatic nitrogens is 2. The van der Waals surface area contributed by atoms with Crippen molar-refractivity contribution in [3.05, 3.63) is 55.8 Å². The Balaban J connectivity index is 2.18. The Labute approximate surface area is 151 Å². The van der Waals surface area contributed by atoms with E-state index in [1.54, 1.807) is 48.3 Å². The smallest absolute Gasteiger partial charge is 0.243 e. The number of fused-ring (bicyclic) bond motifs is 3. The molecule has 3 rings (SSSR count). The van der Waals surface area contributed by atoms with Gasteiger partial charge >= 0.3 is 0 Å². The molecule has 0 bridgehead atoms. The van der Waals surface area contributed by atoms with Gasteiger partial charge < -0.3 is 4.98 Å². The van der Waals surface area contributed by atoms with Crippen molar-refractivity contribution in [3.8, 4) is 0 Å². The van der Waals surface area contributed by atoms with Crippen LogP contribution in [-0.4, -0.2) is 42.0 Å². The number of hydrogen-bond donors (Lipinski definition) is 1. The normalized spacial score (nSPS) is 12.1. The second kappa shape index (κ2) is 7.03. The summed E-state index contributed by atoms with van der Waals surface area (Å²) in [5, 5.41) is 2.72. The van der Waals surface area contributed by atoms with Gasteiger partial charge in [-0.15, -0.1) is 24.9 Å². The van der Waals surface area contributed by atoms with Gasteiger partial charge in [-0.2, -0.15) is 4.31 Å². The standard InChI is InChI=1S/C18H19N3O2S2/c1-4-8-21(9-5-2)25(22,23)13-6-7-16-14(10-13)15-11-18(24-3)19-12-17(15)20-16/h4-7,10-12,20H,1-2,8-9H2,3H3. The van der Waals surface area contributed by atoms with Crippen LogP contribution in [0.1, 0.15) is 0 Å². The number of benzene rings is 1. The Bertz CT molecular complexity index is 1040. The molecule has 0 radical (unpaired) electrons. The lowest BCUT2D eigenvalue weighted by Crippen LogP contribution is -2.31. The lowest BCUT2D eigenvalue weighted by Gasteiger charge is -2.19. The predicted octanol–water partition coefficient (Wildman–Crippen LogP) is 3.80. The quantitative estimate of drug-likeness (QED) is 0.505. The van der Waals surface area contributed by atoms with Crippen molar-refractivity contribution in [3.63, 3.8) is 0 Å². The van der Waals surface area contributed by atoms with Gasteiger partial charge in [0.25, 0.3) is 0 Å². The molecule has 2 aromatic heterocycles. The molecule has 0 saturated carbocycles. The summed E-state index contributed by atoms with van der Waals surface area (Å²) in [6, 6.07) is 7.10. The predicted molar refractivity (Wildman–Crippen MR) is 105 cm³/mol. The molecule has 5 nitrogen and oxygen atoms in total. The zero-order valence-corrected chi connectivity index (χ0v) is 15.5. The van der Waals surface area contributed by atoms with Crippen LogP contribution in [0.15, 0.2) is 65.7 Å². The Morgan fingerprint density at radius 2 is 1.84 bits per heavy atom. The Kier molecular flexibility index (Phi) is 4.99. The number of H-pyrrole nitrogens is 1. The third kappa shape index (κ3) is 3.22. The summed E-state index contributed by atoms with van der Waals surface area (Å²) in [5.41, 5.74) is 1.77. The number of nitrogens with one attached hydrogen (secondary N) is 1. The molecular weight excluding hydrogens is 354 g/mol. The first-order valence-corrected chi connectivity index (χ1v) is 10.3. The number of thioether (sulfide) groups is 1. The van der Waals surface area contributed by atoms with E-state index in [2.05, 4.69) is 23.1 Å². The number of nitrogens with zero attached hydrogens (tertiary/aromatic N) is 2. The van der Waals surface area contributed by atoms with Crippen LogP contribution in [0.25, 0.3) is 21.8 Å². The van der Waals surface area contributed by atoms with Gasteiger partial charge in [0.1, 0.15) is 0 Å². The highest BCUT2D eigenvalue weighted by molar-refractivity contribution is 7.98. The van der Waals surface area contributed by atoms with Crippen LogP contribution in [0.5, 0.6) is 0 Å². The van der Waals surface area contributed by atoms with Crippen molar-refractivity contribution in [1.29, 1.82) is 0 Å². The minimum Gasteiger partial charge on any atom is -0.353 e. The molecule has 7 heteroatoms. The molecule has 0 aliphatic heterocycles. The van der Waals surface area contributed by atoms with E-state index >= 15 is 0 Å². The van der Waals surface area contributed by atoms with Gasteiger partial charge in [0.05, 0.1) is 21.6 Å². The summed E-state index contributed by atoms with van der Waals surface area (Å²) in [6.45, 7) is 7.75. The second-order valence-electron chi connectivity index (χ2n) is 5.50. The second-order valence-corrected chi connectivity index (χ2v) is 8.27. The van der Waals surface area contributed by atoms with Gasteiger partial charge in [-0.25, -0.2) is 13.4 Å². The Hall–Kier alpha value is -2.09. The molecule has 0 aliphatic carbocycles. The summed E-state index contributed by atoms with van der Waals surface area (Å²) in [5.74, 6) is 0. The highest BCUT2D eigenvalue weighted by Crippen LogP contribution is 2.30. The van der Waals surface area contributed by atoms with Gasteiger partial charge in [0.15, 0.2) is 0 Å². The molecular formula is C18H19N3O2S2. The minimum absolute atomic E-state index is 0.237. The van der Waals surface area contributed by atoms with E-state index in [9.17, 15) is 8.42 Å². The Morgan fingerprint density at radius 1 is 1.16 bits per heavy atom. The van der Waals surface area contributed by atoms with E-state index in [0.29, 0.717) is 0 Å². The van der Waals surface area contributed by atoms with E-state index in [-0.39, 0.29) is 18.0 Å². The van der Waals surface area contributed by atoms with E-state index in [1.165, 1.54) is 4.31 Å². The maximum atomic E-state index is 12.9. The average Bonchev–Trinajstić information content (AvgIpc) is 2.98. The van der Waals surface area contributed by atoms with Crippen LogP contribution in [0, 0.1) is 0 Å². The molecule has 0 saturated heterocycles. The maximum Gasteiger partial charge on any atom is 0.243 e. The molecule has 0 atom stereocenters. The third-order valence-electron chi connectivity index (χ3n) is 3.94. The van der Waals surface area contributed by atoms with E-state index < -0.39 is 10.0 Å². The SMILES string of the molecule is C=CCN(CC=C)S(=O)(=O)c1ccc2[nH]c3cnc(SC)cc3c2c1. The lowest BCUT2D eigenvalue weighted by molar-refractivity contribution is 0.474. The first-order valence-electron chi connectivity index (χ1n) is 7.68. The molecule has 25 heavy (non-hydrogen) atoms. The zero-order valence-electron chi connectivity index (χ0n) is 13.9. The minimum atomic E-state index is -3.62. The van der Waals surface area contributed by atoms with Gasteiger partial charge in [-0.1, -0.05) is 12.2 Å². The van der Waals surface area contributed by atoms with Crippen LogP contribution >= 0.6 is 11.8 Å². The molecule has 0 fully saturated rings. The number of hydrogen-bond acceptors (Lipinski definition) is 4. The van der Waals surface area contributed by atoms with E-state index in [0.717, 1.165) is 26.8 Å². The summed E-state index contributed by atoms with van der Waals surface area (Å²) < 4.78 is 27.2. The van der Waals surface area contributed by atoms with Crippen molar-refractivity contribution < 1.29 is 8.42 Å². The summed E-state index contributed by atoms with van der Waals surface area (Å²) in [6.07, 6.45) is 6.88. The van der Waals surface area contributed by atoms with Gasteiger partial charge in [0, 0.05) is 29.4 Å². The fraction of sp³-hybridized carbons (Fsp3) is 0.167. The van der Waals surface area contributed by atoms with Crippen LogP contribution in [0.3, 0.4) is 0 Å². The van der Waals surface area contributed by atoms with Gasteiger partial charge in [-0.3, -0.25) is 0 Å². The summed E-state index contributed by atoms with van der Waals surface area (Å²) in [4.78, 5) is 7.88. The molecule has 0 spiro atoms. The largest absolute Gasteiger partial charge is 0.353 e. The van der Waals surface area contributed by atoms with Gasteiger partial charge in [-0.05, 0) is 30.5 Å². The summed E-state index contributed by atoms with van der Waals surface area (Å²) in [7, 11) is -3.62. The monoisotopic (exact) mass is 373 g/mol. The molecule has 3 aromatic rings. The molecule has 1 N–H and O–H groups in total. The van der Waals surface area contributed by atoms with Crippen LogP contribution in [0.4, 0.5) is 0 Å². The molecule has 0 aliphatic rings. The zero-order chi connectivity index (χ0) is 18.0. The highest BCUT2D eigenvalue weighted by Gasteiger charge is 2.23. The summed E-state index contributed by atoms with van der Waals surface area (Å²) >= 11 is 1.55. The maximum absolute atomic E-state index is 12.9. The van der Waals surface area contributed by atoms with Crippen molar-refractivity contribution >= 4 is 43.6 Å². The van der Waals surface area contributed by atoms with Crippen molar-refractivity contribution in [2.75, 3.05) is 19.3 Å². The van der Waals surface area contributed by atoms with Gasteiger partial charge in [0.2, 0.25) is 10.0 Å². The topological polar surface area (TPSA) is 66.1 Å². The average molecular weight is 374 g/mol. The molecule has 0 amide bonds. The van der Waals surface area contributed by atoms with E-state index in [4.69, 9.17) is 0 Å². The lowest BCUT2D eigenvalue weighted by atomic mass is 10.2. The number of sulfonamides is 1. The van der Waals surface area contributed by atoms with Crippen LogP contribution < -0.4 is 0 Å². The van der Waals surface area contributed by atoms with Crippen LogP contribution in [0.2, 0.25) is 0 Å². The Morgan fingerprint density at radius 3 is 2.48 bits per heavy atom. The molecule has 0 unspecified atom stereocenters. The highest BCUT2D eigenvalue weighted by atomic mass is 32.2. The van der Waals surface area contributed by atoms with Crippen molar-refractivity contribution in [2.24, 2.45) is 0 Å². The number of pyridine rings is 1. The molecule has 130 valence electrons. The van der Waals surface area contributed by atoms with Crippen LogP contribution in [-0.2, 0) is 10.0 Å². The third-order valence-corrected chi connectivity index (χ3v) is 6.41. The van der Waals surface area contributed by atoms with E-state index in [1.807, 2.05) is 12.3 Å². The number of rotatable bonds is 7. The first-order chi connectivity index (χ1) is 12.0. The van der Waals surface area contributed by atoms with Crippen molar-refractivity contribution in [1.82, 2.24) is 14.3 Å². The molecule has 2 heterocycles. The number of aromatic amines is 1.